The van der Waals surface area contributed by atoms with Crippen LogP contribution >= 0.6 is 0 Å². The van der Waals surface area contributed by atoms with Crippen LogP contribution < -0.4 is 10.1 Å². The average Bonchev–Trinajstić information content (AvgIpc) is 2.60. The fraction of sp³-hybridized carbons (Fsp3) is 0.579. The van der Waals surface area contributed by atoms with Gasteiger partial charge in [0.25, 0.3) is 5.91 Å². The highest BCUT2D eigenvalue weighted by Crippen LogP contribution is 2.23. The molecule has 1 aliphatic rings. The minimum Gasteiger partial charge on any atom is -0.497 e. The Bertz CT molecular complexity index is 541. The van der Waals surface area contributed by atoms with E-state index in [1.54, 1.807) is 7.11 Å². The zero-order valence-corrected chi connectivity index (χ0v) is 14.5. The second kappa shape index (κ2) is 9.30. The first-order valence-electron chi connectivity index (χ1n) is 8.66. The molecule has 0 heterocycles. The zero-order chi connectivity index (χ0) is 17.4. The molecule has 5 nitrogen and oxygen atoms in total. The van der Waals surface area contributed by atoms with Crippen LogP contribution in [-0.4, -0.2) is 31.6 Å². The van der Waals surface area contributed by atoms with Crippen LogP contribution in [0.1, 0.15) is 44.6 Å². The molecule has 2 atom stereocenters. The Balaban J connectivity index is 1.65. The van der Waals surface area contributed by atoms with E-state index in [1.807, 2.05) is 24.3 Å². The third-order valence-electron chi connectivity index (χ3n) is 4.60. The lowest BCUT2D eigenvalue weighted by atomic mass is 9.86. The topological polar surface area (TPSA) is 64.6 Å². The fourth-order valence-electron chi connectivity index (χ4n) is 3.04. The lowest BCUT2D eigenvalue weighted by Crippen LogP contribution is -2.42. The van der Waals surface area contributed by atoms with Crippen molar-refractivity contribution in [3.05, 3.63) is 29.8 Å². The van der Waals surface area contributed by atoms with E-state index in [1.165, 1.54) is 6.42 Å². The SMILES string of the molecule is COc1ccc(CCC(=O)OCC(=O)N[C@H]2CCCC[C@@H]2C)cc1. The first kappa shape index (κ1) is 18.3. The number of methoxy groups -OCH3 is 1. The maximum Gasteiger partial charge on any atom is 0.306 e. The van der Waals surface area contributed by atoms with Crippen LogP contribution in [0.3, 0.4) is 0 Å². The molecule has 0 unspecified atom stereocenters. The molecule has 0 saturated heterocycles. The summed E-state index contributed by atoms with van der Waals surface area (Å²) in [5.74, 6) is 0.729. The van der Waals surface area contributed by atoms with Crippen molar-refractivity contribution in [2.75, 3.05) is 13.7 Å². The van der Waals surface area contributed by atoms with Crippen LogP contribution in [0.15, 0.2) is 24.3 Å². The summed E-state index contributed by atoms with van der Waals surface area (Å²) < 4.78 is 10.2. The molecule has 2 rings (SSSR count). The molecule has 1 amide bonds. The number of nitrogens with one attached hydrogen (secondary N) is 1. The van der Waals surface area contributed by atoms with Gasteiger partial charge in [0.2, 0.25) is 0 Å². The summed E-state index contributed by atoms with van der Waals surface area (Å²) in [6, 6.07) is 7.77. The number of carbonyl (C=O) groups is 2. The standard InChI is InChI=1S/C19H27NO4/c1-14-5-3-4-6-17(14)20-18(21)13-24-19(22)12-9-15-7-10-16(23-2)11-8-15/h7-8,10-11,14,17H,3-6,9,12-13H2,1-2H3,(H,20,21)/t14-,17-/m0/s1. The summed E-state index contributed by atoms with van der Waals surface area (Å²) in [5.41, 5.74) is 1.04. The van der Waals surface area contributed by atoms with Gasteiger partial charge in [-0.15, -0.1) is 0 Å². The Labute approximate surface area is 143 Å². The number of rotatable bonds is 7. The Kier molecular flexibility index (Phi) is 7.09. The molecule has 0 spiro atoms. The number of esters is 1. The number of hydrogen-bond acceptors (Lipinski definition) is 4. The molecule has 132 valence electrons. The van der Waals surface area contributed by atoms with Gasteiger partial charge in [-0.3, -0.25) is 9.59 Å². The number of hydrogen-bond donors (Lipinski definition) is 1. The smallest absolute Gasteiger partial charge is 0.306 e. The van der Waals surface area contributed by atoms with Crippen molar-refractivity contribution in [3.63, 3.8) is 0 Å². The molecular weight excluding hydrogens is 306 g/mol. The van der Waals surface area contributed by atoms with E-state index >= 15 is 0 Å². The van der Waals surface area contributed by atoms with E-state index in [2.05, 4.69) is 12.2 Å². The minimum atomic E-state index is -0.349. The summed E-state index contributed by atoms with van der Waals surface area (Å²) in [5, 5.41) is 2.98. The van der Waals surface area contributed by atoms with Gasteiger partial charge in [-0.25, -0.2) is 0 Å². The summed E-state index contributed by atoms with van der Waals surface area (Å²) in [6.45, 7) is 1.97. The zero-order valence-electron chi connectivity index (χ0n) is 14.5. The number of ether oxygens (including phenoxy) is 2. The number of aryl methyl sites for hydroxylation is 1. The van der Waals surface area contributed by atoms with Gasteiger partial charge in [0.05, 0.1) is 7.11 Å². The van der Waals surface area contributed by atoms with Gasteiger partial charge >= 0.3 is 5.97 Å². The van der Waals surface area contributed by atoms with E-state index in [0.717, 1.165) is 30.6 Å². The summed E-state index contributed by atoms with van der Waals surface area (Å²) >= 11 is 0. The van der Waals surface area contributed by atoms with Gasteiger partial charge in [0.15, 0.2) is 6.61 Å². The summed E-state index contributed by atoms with van der Waals surface area (Å²) in [6.07, 6.45) is 5.39. The second-order valence-corrected chi connectivity index (χ2v) is 6.44. The quantitative estimate of drug-likeness (QED) is 0.779. The molecule has 5 heteroatoms. The third kappa shape index (κ3) is 5.87. The van der Waals surface area contributed by atoms with Crippen molar-refractivity contribution in [1.29, 1.82) is 0 Å². The fourth-order valence-corrected chi connectivity index (χ4v) is 3.04. The van der Waals surface area contributed by atoms with Crippen LogP contribution in [-0.2, 0) is 20.7 Å². The molecular formula is C19H27NO4. The molecule has 1 aromatic rings. The molecule has 0 radical (unpaired) electrons. The van der Waals surface area contributed by atoms with E-state index in [4.69, 9.17) is 9.47 Å². The molecule has 1 N–H and O–H groups in total. The number of carbonyl (C=O) groups excluding carboxylic acids is 2. The van der Waals surface area contributed by atoms with Crippen molar-refractivity contribution in [2.24, 2.45) is 5.92 Å². The largest absolute Gasteiger partial charge is 0.497 e. The highest BCUT2D eigenvalue weighted by Gasteiger charge is 2.23. The van der Waals surface area contributed by atoms with E-state index in [-0.39, 0.29) is 30.9 Å². The molecule has 0 aromatic heterocycles. The Hall–Kier alpha value is -2.04. The van der Waals surface area contributed by atoms with E-state index in [0.29, 0.717) is 12.3 Å². The summed E-state index contributed by atoms with van der Waals surface area (Å²) in [7, 11) is 1.62. The van der Waals surface area contributed by atoms with Gasteiger partial charge in [0, 0.05) is 12.5 Å². The first-order chi connectivity index (χ1) is 11.6. The summed E-state index contributed by atoms with van der Waals surface area (Å²) in [4.78, 5) is 23.7. The van der Waals surface area contributed by atoms with Crippen LogP contribution in [0.4, 0.5) is 0 Å². The van der Waals surface area contributed by atoms with Gasteiger partial charge in [-0.05, 0) is 42.9 Å². The van der Waals surface area contributed by atoms with Crippen LogP contribution in [0.25, 0.3) is 0 Å². The lowest BCUT2D eigenvalue weighted by molar-refractivity contribution is -0.148. The monoisotopic (exact) mass is 333 g/mol. The number of benzene rings is 1. The van der Waals surface area contributed by atoms with E-state index < -0.39 is 0 Å². The Morgan fingerprint density at radius 1 is 1.17 bits per heavy atom. The molecule has 0 bridgehead atoms. The maximum absolute atomic E-state index is 11.9. The van der Waals surface area contributed by atoms with Crippen molar-refractivity contribution in [1.82, 2.24) is 5.32 Å². The molecule has 1 aliphatic carbocycles. The van der Waals surface area contributed by atoms with Crippen LogP contribution in [0.5, 0.6) is 5.75 Å². The lowest BCUT2D eigenvalue weighted by Gasteiger charge is -2.29. The third-order valence-corrected chi connectivity index (χ3v) is 4.60. The van der Waals surface area contributed by atoms with Gasteiger partial charge < -0.3 is 14.8 Å². The van der Waals surface area contributed by atoms with Gasteiger partial charge in [0.1, 0.15) is 5.75 Å². The van der Waals surface area contributed by atoms with Gasteiger partial charge in [-0.1, -0.05) is 31.9 Å². The second-order valence-electron chi connectivity index (χ2n) is 6.44. The van der Waals surface area contributed by atoms with Crippen molar-refractivity contribution in [2.45, 2.75) is 51.5 Å². The van der Waals surface area contributed by atoms with Gasteiger partial charge in [-0.2, -0.15) is 0 Å². The van der Waals surface area contributed by atoms with Crippen molar-refractivity contribution >= 4 is 11.9 Å². The predicted molar refractivity (Wildman–Crippen MR) is 91.8 cm³/mol. The van der Waals surface area contributed by atoms with E-state index in [9.17, 15) is 9.59 Å². The predicted octanol–water partition coefficient (Wildman–Crippen LogP) is 2.87. The molecule has 0 aliphatic heterocycles. The Morgan fingerprint density at radius 3 is 2.54 bits per heavy atom. The molecule has 1 aromatic carbocycles. The molecule has 1 saturated carbocycles. The van der Waals surface area contributed by atoms with Crippen LogP contribution in [0.2, 0.25) is 0 Å². The minimum absolute atomic E-state index is 0.190. The Morgan fingerprint density at radius 2 is 1.88 bits per heavy atom. The highest BCUT2D eigenvalue weighted by molar-refractivity contribution is 5.80. The van der Waals surface area contributed by atoms with Crippen molar-refractivity contribution < 1.29 is 19.1 Å². The number of amides is 1. The highest BCUT2D eigenvalue weighted by atomic mass is 16.5. The average molecular weight is 333 g/mol. The molecule has 1 fully saturated rings. The first-order valence-corrected chi connectivity index (χ1v) is 8.66. The van der Waals surface area contributed by atoms with Crippen molar-refractivity contribution in [3.8, 4) is 5.75 Å². The molecule has 24 heavy (non-hydrogen) atoms. The maximum atomic E-state index is 11.9. The van der Waals surface area contributed by atoms with Crippen LogP contribution in [0, 0.1) is 5.92 Å². The normalized spacial score (nSPS) is 20.2.